The number of hydrogen-bond donors (Lipinski definition) is 0. The molecule has 0 spiro atoms. The maximum absolute atomic E-state index is 5.72. The van der Waals surface area contributed by atoms with Crippen LogP contribution < -0.4 is 0 Å². The van der Waals surface area contributed by atoms with Crippen molar-refractivity contribution in [2.45, 2.75) is 19.6 Å². The Bertz CT molecular complexity index is 56.4. The Morgan fingerprint density at radius 2 is 1.29 bits per heavy atom. The summed E-state index contributed by atoms with van der Waals surface area (Å²) in [5, 5.41) is 0. The second-order valence-corrected chi connectivity index (χ2v) is 20.4. The predicted molar refractivity (Wildman–Crippen MR) is 42.2 cm³/mol. The largest absolute Gasteiger partial charge is 0.224 e. The average Bonchev–Trinajstić information content (AvgIpc) is 1.31. The van der Waals surface area contributed by atoms with Crippen molar-refractivity contribution in [2.75, 3.05) is 0 Å². The fraction of sp³-hybridized carbons (Fsp3) is 1.00. The zero-order valence-electron chi connectivity index (χ0n) is 4.83. The lowest BCUT2D eigenvalue weighted by Crippen LogP contribution is -2.33. The molecule has 0 rings (SSSR count). The second-order valence-electron chi connectivity index (χ2n) is 2.67. The van der Waals surface area contributed by atoms with Gasteiger partial charge in [0.2, 0.25) is 6.93 Å². The van der Waals surface area contributed by atoms with E-state index in [9.17, 15) is 0 Å². The summed E-state index contributed by atoms with van der Waals surface area (Å²) >= 11 is 11.4. The van der Waals surface area contributed by atoms with Gasteiger partial charge in [-0.05, 0) is 0 Å². The number of rotatable bonds is 1. The van der Waals surface area contributed by atoms with E-state index in [1.54, 1.807) is 0 Å². The van der Waals surface area contributed by atoms with Crippen molar-refractivity contribution in [2.24, 2.45) is 0 Å². The van der Waals surface area contributed by atoms with Gasteiger partial charge in [-0.3, -0.25) is 0 Å². The van der Waals surface area contributed by atoms with E-state index in [0.717, 1.165) is 0 Å². The number of halogens is 2. The summed E-state index contributed by atoms with van der Waals surface area (Å²) in [6, 6.07) is 0. The van der Waals surface area contributed by atoms with Gasteiger partial charge >= 0.3 is 0 Å². The molecule has 0 aromatic carbocycles. The van der Waals surface area contributed by atoms with E-state index in [2.05, 4.69) is 19.6 Å². The van der Waals surface area contributed by atoms with E-state index in [-0.39, 0.29) is 0 Å². The lowest BCUT2D eigenvalue weighted by atomic mass is 11.8. The maximum atomic E-state index is 5.72. The Balaban J connectivity index is 3.54. The van der Waals surface area contributed by atoms with Crippen molar-refractivity contribution in [1.29, 1.82) is 0 Å². The van der Waals surface area contributed by atoms with E-state index in [1.165, 1.54) is 0 Å². The minimum atomic E-state index is -1.28. The minimum absolute atomic E-state index is 1.06. The minimum Gasteiger partial charge on any atom is -0.154 e. The molecule has 0 aromatic heterocycles. The third-order valence-corrected chi connectivity index (χ3v) is 17.7. The molecule has 0 bridgehead atoms. The maximum Gasteiger partial charge on any atom is 0.224 e. The standard InChI is InChI=1S/C3H10Cl2Si2/c1-7(2,3)6(4)5/h6H,1-3H3. The van der Waals surface area contributed by atoms with Crippen LogP contribution in [-0.2, 0) is 0 Å². The first-order valence-corrected chi connectivity index (χ1v) is 11.0. The highest BCUT2D eigenvalue weighted by Gasteiger charge is 2.23. The van der Waals surface area contributed by atoms with Gasteiger partial charge in [-0.25, -0.2) is 0 Å². The average molecular weight is 173 g/mol. The zero-order valence-corrected chi connectivity index (χ0v) is 8.50. The van der Waals surface area contributed by atoms with Crippen LogP contribution >= 0.6 is 22.2 Å². The first-order chi connectivity index (χ1) is 2.94. The van der Waals surface area contributed by atoms with Crippen LogP contribution in [0.3, 0.4) is 0 Å². The third-order valence-electron chi connectivity index (χ3n) is 0.655. The predicted octanol–water partition coefficient (Wildman–Crippen LogP) is 2.10. The Morgan fingerprint density at radius 1 is 1.14 bits per heavy atom. The SMILES string of the molecule is C[Si](C)(C)[SiH](Cl)Cl. The third kappa shape index (κ3) is 3.58. The fourth-order valence-corrected chi connectivity index (χ4v) is 0. The van der Waals surface area contributed by atoms with Gasteiger partial charge in [0.25, 0.3) is 0 Å². The summed E-state index contributed by atoms with van der Waals surface area (Å²) < 4.78 is 0. The second kappa shape index (κ2) is 2.53. The molecule has 0 N–H and O–H groups in total. The van der Waals surface area contributed by atoms with Gasteiger partial charge in [0, 0.05) is 0 Å². The summed E-state index contributed by atoms with van der Waals surface area (Å²) in [6.45, 7) is 5.32. The van der Waals surface area contributed by atoms with Crippen molar-refractivity contribution >= 4 is 36.7 Å². The normalized spacial score (nSPS) is 12.9. The molecule has 0 heterocycles. The van der Waals surface area contributed by atoms with E-state index >= 15 is 0 Å². The lowest BCUT2D eigenvalue weighted by molar-refractivity contribution is 1.86. The molecule has 0 aliphatic heterocycles. The Morgan fingerprint density at radius 3 is 1.29 bits per heavy atom. The molecule has 4 heteroatoms. The molecule has 0 unspecified atom stereocenters. The molecule has 0 amide bonds. The quantitative estimate of drug-likeness (QED) is 0.421. The van der Waals surface area contributed by atoms with Gasteiger partial charge in [0.15, 0.2) is 0 Å². The Kier molecular flexibility index (Phi) is 2.90. The topological polar surface area (TPSA) is 0 Å². The smallest absolute Gasteiger partial charge is 0.154 e. The van der Waals surface area contributed by atoms with Gasteiger partial charge in [-0.15, -0.1) is 0 Å². The molecule has 0 aliphatic carbocycles. The highest BCUT2D eigenvalue weighted by Crippen LogP contribution is 2.12. The van der Waals surface area contributed by atoms with Crippen LogP contribution in [0.5, 0.6) is 0 Å². The van der Waals surface area contributed by atoms with Gasteiger partial charge < -0.3 is 0 Å². The molecule has 0 atom stereocenters. The van der Waals surface area contributed by atoms with Crippen molar-refractivity contribution in [3.8, 4) is 0 Å². The molecule has 0 aliphatic rings. The highest BCUT2D eigenvalue weighted by molar-refractivity contribution is 7.65. The van der Waals surface area contributed by atoms with Gasteiger partial charge in [-0.1, -0.05) is 19.6 Å². The van der Waals surface area contributed by atoms with E-state index in [4.69, 9.17) is 22.2 Å². The molecule has 0 saturated heterocycles. The Labute approximate surface area is 56.6 Å². The van der Waals surface area contributed by atoms with E-state index in [0.29, 0.717) is 0 Å². The first-order valence-electron chi connectivity index (χ1n) is 2.23. The van der Waals surface area contributed by atoms with Crippen LogP contribution in [0, 0.1) is 0 Å². The van der Waals surface area contributed by atoms with Crippen LogP contribution in [0.25, 0.3) is 0 Å². The summed E-state index contributed by atoms with van der Waals surface area (Å²) in [6.07, 6.45) is 0. The van der Waals surface area contributed by atoms with Crippen molar-refractivity contribution < 1.29 is 0 Å². The summed E-state index contributed by atoms with van der Waals surface area (Å²) in [5.41, 5.74) is 0. The highest BCUT2D eigenvalue weighted by atomic mass is 35.7. The molecule has 0 aromatic rings. The molecule has 44 valence electrons. The first kappa shape index (κ1) is 8.01. The summed E-state index contributed by atoms with van der Waals surface area (Å²) in [7, 11) is -1.06. The van der Waals surface area contributed by atoms with Gasteiger partial charge in [0.05, 0.1) is 7.59 Å². The fourth-order valence-electron chi connectivity index (χ4n) is 0. The summed E-state index contributed by atoms with van der Waals surface area (Å²) in [5.74, 6) is 0. The molecular formula is C3H10Cl2Si2. The molecule has 0 fully saturated rings. The molecule has 0 saturated carbocycles. The van der Waals surface area contributed by atoms with E-state index in [1.807, 2.05) is 0 Å². The number of hydrogen-bond acceptors (Lipinski definition) is 0. The van der Waals surface area contributed by atoms with Gasteiger partial charge in [-0.2, -0.15) is 22.2 Å². The van der Waals surface area contributed by atoms with Crippen LogP contribution in [0.15, 0.2) is 0 Å². The monoisotopic (exact) mass is 172 g/mol. The summed E-state index contributed by atoms with van der Waals surface area (Å²) in [4.78, 5) is 0. The van der Waals surface area contributed by atoms with Crippen molar-refractivity contribution in [3.05, 3.63) is 0 Å². The van der Waals surface area contributed by atoms with Crippen LogP contribution in [0.2, 0.25) is 19.6 Å². The molecule has 0 radical (unpaired) electrons. The van der Waals surface area contributed by atoms with Crippen molar-refractivity contribution in [3.63, 3.8) is 0 Å². The van der Waals surface area contributed by atoms with Crippen molar-refractivity contribution in [1.82, 2.24) is 0 Å². The van der Waals surface area contributed by atoms with Crippen LogP contribution in [0.4, 0.5) is 0 Å². The molecular weight excluding hydrogens is 163 g/mol. The van der Waals surface area contributed by atoms with Gasteiger partial charge in [0.1, 0.15) is 0 Å². The van der Waals surface area contributed by atoms with E-state index < -0.39 is 14.5 Å². The molecule has 0 nitrogen and oxygen atoms in total. The zero-order chi connectivity index (χ0) is 6.08. The molecule has 7 heavy (non-hydrogen) atoms. The lowest BCUT2D eigenvalue weighted by Gasteiger charge is -2.13. The van der Waals surface area contributed by atoms with Crippen LogP contribution in [-0.4, -0.2) is 14.5 Å². The Hall–Kier alpha value is 1.01. The van der Waals surface area contributed by atoms with Crippen LogP contribution in [0.1, 0.15) is 0 Å².